The van der Waals surface area contributed by atoms with Gasteiger partial charge in [-0.15, -0.1) is 4.91 Å². The lowest BCUT2D eigenvalue weighted by molar-refractivity contribution is 0.350. The Bertz CT molecular complexity index is 465. The van der Waals surface area contributed by atoms with Gasteiger partial charge < -0.3 is 4.74 Å². The fourth-order valence-corrected chi connectivity index (χ4v) is 1.70. The number of hydrogen-bond donors (Lipinski definition) is 0. The van der Waals surface area contributed by atoms with Crippen molar-refractivity contribution in [1.82, 2.24) is 5.01 Å². The molecule has 1 aliphatic rings. The van der Waals surface area contributed by atoms with Crippen molar-refractivity contribution in [2.75, 3.05) is 19.7 Å². The minimum Gasteiger partial charge on any atom is -0.486 e. The van der Waals surface area contributed by atoms with E-state index in [1.807, 2.05) is 0 Å². The molecule has 17 heavy (non-hydrogen) atoms. The molecular weight excluding hydrogens is 265 g/mol. The first-order valence-corrected chi connectivity index (χ1v) is 5.68. The van der Waals surface area contributed by atoms with Crippen LogP contribution in [-0.4, -0.2) is 30.5 Å². The van der Waals surface area contributed by atoms with Crippen LogP contribution in [0.5, 0.6) is 5.75 Å². The maximum absolute atomic E-state index is 10.4. The standard InChI is InChI=1S/C10H9Cl2N3O2/c11-8-2-1-7(5-9(8)12)17-6-10-13-3-4-15(10)14-16/h1-2,5H,3-4,6H2. The third kappa shape index (κ3) is 2.87. The summed E-state index contributed by atoms with van der Waals surface area (Å²) >= 11 is 11.6. The maximum Gasteiger partial charge on any atom is 0.161 e. The molecule has 0 fully saturated rings. The van der Waals surface area contributed by atoms with Crippen molar-refractivity contribution < 1.29 is 4.74 Å². The smallest absolute Gasteiger partial charge is 0.161 e. The van der Waals surface area contributed by atoms with Crippen molar-refractivity contribution in [1.29, 1.82) is 0 Å². The van der Waals surface area contributed by atoms with Crippen molar-refractivity contribution in [3.63, 3.8) is 0 Å². The fourth-order valence-electron chi connectivity index (χ4n) is 1.41. The first-order valence-electron chi connectivity index (χ1n) is 4.92. The zero-order valence-electron chi connectivity index (χ0n) is 8.77. The normalized spacial score (nSPS) is 14.7. The number of amidine groups is 1. The van der Waals surface area contributed by atoms with E-state index in [1.165, 1.54) is 5.01 Å². The SMILES string of the molecule is O=NN1CCN=C1COc1ccc(Cl)c(Cl)c1. The molecule has 0 saturated carbocycles. The number of aliphatic imine (C=N–C) groups is 1. The minimum atomic E-state index is 0.184. The van der Waals surface area contributed by atoms with Crippen molar-refractivity contribution in [2.45, 2.75) is 0 Å². The van der Waals surface area contributed by atoms with E-state index in [4.69, 9.17) is 27.9 Å². The molecule has 0 atom stereocenters. The zero-order chi connectivity index (χ0) is 12.3. The predicted octanol–water partition coefficient (Wildman–Crippen LogP) is 2.77. The number of nitroso groups, excluding NO2 is 1. The second kappa shape index (κ2) is 5.33. The van der Waals surface area contributed by atoms with Crippen LogP contribution in [0.15, 0.2) is 28.5 Å². The first-order chi connectivity index (χ1) is 8.20. The van der Waals surface area contributed by atoms with E-state index >= 15 is 0 Å². The molecule has 1 aliphatic heterocycles. The van der Waals surface area contributed by atoms with E-state index < -0.39 is 0 Å². The van der Waals surface area contributed by atoms with Gasteiger partial charge in [0.1, 0.15) is 12.4 Å². The van der Waals surface area contributed by atoms with E-state index in [1.54, 1.807) is 18.2 Å². The molecule has 1 aromatic carbocycles. The van der Waals surface area contributed by atoms with Crippen LogP contribution < -0.4 is 4.74 Å². The summed E-state index contributed by atoms with van der Waals surface area (Å²) in [7, 11) is 0. The van der Waals surface area contributed by atoms with Gasteiger partial charge in [0, 0.05) is 6.07 Å². The summed E-state index contributed by atoms with van der Waals surface area (Å²) in [5.74, 6) is 1.09. The summed E-state index contributed by atoms with van der Waals surface area (Å²) in [6, 6.07) is 4.95. The van der Waals surface area contributed by atoms with Gasteiger partial charge >= 0.3 is 0 Å². The highest BCUT2D eigenvalue weighted by Gasteiger charge is 2.17. The average molecular weight is 274 g/mol. The summed E-state index contributed by atoms with van der Waals surface area (Å²) in [5.41, 5.74) is 0. The summed E-state index contributed by atoms with van der Waals surface area (Å²) in [4.78, 5) is 14.5. The average Bonchev–Trinajstić information content (AvgIpc) is 2.78. The van der Waals surface area contributed by atoms with Crippen LogP contribution in [0.4, 0.5) is 0 Å². The van der Waals surface area contributed by atoms with Gasteiger partial charge in [0.25, 0.3) is 0 Å². The van der Waals surface area contributed by atoms with Gasteiger partial charge in [-0.1, -0.05) is 23.2 Å². The van der Waals surface area contributed by atoms with Gasteiger partial charge in [-0.05, 0) is 12.1 Å². The first kappa shape index (κ1) is 12.1. The number of benzene rings is 1. The minimum absolute atomic E-state index is 0.184. The Morgan fingerprint density at radius 1 is 1.41 bits per heavy atom. The molecule has 1 aromatic rings. The Morgan fingerprint density at radius 3 is 2.94 bits per heavy atom. The van der Waals surface area contributed by atoms with Gasteiger partial charge in [-0.25, -0.2) is 5.01 Å². The summed E-state index contributed by atoms with van der Waals surface area (Å²) in [5, 5.41) is 5.00. The highest BCUT2D eigenvalue weighted by atomic mass is 35.5. The van der Waals surface area contributed by atoms with E-state index in [0.717, 1.165) is 0 Å². The number of nitrogens with zero attached hydrogens (tertiary/aromatic N) is 3. The Kier molecular flexibility index (Phi) is 3.81. The molecule has 5 nitrogen and oxygen atoms in total. The Hall–Kier alpha value is -1.33. The van der Waals surface area contributed by atoms with Crippen LogP contribution in [0.25, 0.3) is 0 Å². The lowest BCUT2D eigenvalue weighted by Crippen LogP contribution is -2.26. The Morgan fingerprint density at radius 2 is 2.24 bits per heavy atom. The van der Waals surface area contributed by atoms with Crippen LogP contribution in [0.3, 0.4) is 0 Å². The van der Waals surface area contributed by atoms with Gasteiger partial charge in [0.15, 0.2) is 5.84 Å². The zero-order valence-corrected chi connectivity index (χ0v) is 10.3. The highest BCUT2D eigenvalue weighted by molar-refractivity contribution is 6.42. The van der Waals surface area contributed by atoms with Crippen LogP contribution in [0, 0.1) is 4.91 Å². The second-order valence-electron chi connectivity index (χ2n) is 3.37. The monoisotopic (exact) mass is 273 g/mol. The Labute approximate surface area is 108 Å². The molecule has 0 N–H and O–H groups in total. The lowest BCUT2D eigenvalue weighted by atomic mass is 10.3. The fraction of sp³-hybridized carbons (Fsp3) is 0.300. The maximum atomic E-state index is 10.4. The molecule has 90 valence electrons. The van der Waals surface area contributed by atoms with Crippen molar-refractivity contribution in [2.24, 2.45) is 10.3 Å². The van der Waals surface area contributed by atoms with Crippen LogP contribution >= 0.6 is 23.2 Å². The molecule has 0 saturated heterocycles. The van der Waals surface area contributed by atoms with E-state index in [-0.39, 0.29) is 6.61 Å². The van der Waals surface area contributed by atoms with E-state index in [2.05, 4.69) is 10.3 Å². The third-order valence-electron chi connectivity index (χ3n) is 2.26. The van der Waals surface area contributed by atoms with Gasteiger partial charge in [-0.3, -0.25) is 4.99 Å². The van der Waals surface area contributed by atoms with E-state index in [0.29, 0.717) is 34.7 Å². The van der Waals surface area contributed by atoms with Crippen LogP contribution in [0.2, 0.25) is 10.0 Å². The molecule has 0 radical (unpaired) electrons. The molecule has 7 heteroatoms. The predicted molar refractivity (Wildman–Crippen MR) is 66.8 cm³/mol. The van der Waals surface area contributed by atoms with Gasteiger partial charge in [0.2, 0.25) is 0 Å². The molecular formula is C10H9Cl2N3O2. The van der Waals surface area contributed by atoms with Crippen molar-refractivity contribution >= 4 is 29.0 Å². The van der Waals surface area contributed by atoms with Crippen molar-refractivity contribution in [3.8, 4) is 5.75 Å². The summed E-state index contributed by atoms with van der Waals surface area (Å²) in [6.45, 7) is 1.25. The van der Waals surface area contributed by atoms with Crippen LogP contribution in [0.1, 0.15) is 0 Å². The molecule has 0 amide bonds. The van der Waals surface area contributed by atoms with Crippen molar-refractivity contribution in [3.05, 3.63) is 33.2 Å². The molecule has 0 spiro atoms. The number of hydrogen-bond acceptors (Lipinski definition) is 4. The number of halogens is 2. The molecule has 0 unspecified atom stereocenters. The third-order valence-corrected chi connectivity index (χ3v) is 3.00. The highest BCUT2D eigenvalue weighted by Crippen LogP contribution is 2.26. The lowest BCUT2D eigenvalue weighted by Gasteiger charge is -2.11. The summed E-state index contributed by atoms with van der Waals surface area (Å²) < 4.78 is 5.44. The summed E-state index contributed by atoms with van der Waals surface area (Å²) in [6.07, 6.45) is 0. The Balaban J connectivity index is 1.98. The molecule has 2 rings (SSSR count). The molecule has 0 aromatic heterocycles. The van der Waals surface area contributed by atoms with Gasteiger partial charge in [0.05, 0.1) is 28.4 Å². The quantitative estimate of drug-likeness (QED) is 0.793. The molecule has 1 heterocycles. The topological polar surface area (TPSA) is 54.3 Å². The largest absolute Gasteiger partial charge is 0.486 e. The number of ether oxygens (including phenoxy) is 1. The number of rotatable bonds is 4. The van der Waals surface area contributed by atoms with Crippen LogP contribution in [-0.2, 0) is 0 Å². The molecule has 0 aliphatic carbocycles. The molecule has 0 bridgehead atoms. The second-order valence-corrected chi connectivity index (χ2v) is 4.18. The van der Waals surface area contributed by atoms with Gasteiger partial charge in [-0.2, -0.15) is 0 Å². The van der Waals surface area contributed by atoms with E-state index in [9.17, 15) is 4.91 Å².